The van der Waals surface area contributed by atoms with E-state index in [4.69, 9.17) is 5.73 Å². The van der Waals surface area contributed by atoms with E-state index in [2.05, 4.69) is 4.98 Å². The van der Waals surface area contributed by atoms with Crippen molar-refractivity contribution in [1.29, 1.82) is 0 Å². The fourth-order valence-electron chi connectivity index (χ4n) is 2.16. The minimum atomic E-state index is 0. The third-order valence-electron chi connectivity index (χ3n) is 3.05. The summed E-state index contributed by atoms with van der Waals surface area (Å²) in [6.07, 6.45) is 4.51. The zero-order valence-electron chi connectivity index (χ0n) is 10.2. The molecule has 7 heteroatoms. The number of carbonyl (C=O) groups is 1. The van der Waals surface area contributed by atoms with Crippen LogP contribution in [0.25, 0.3) is 0 Å². The second-order valence-electron chi connectivity index (χ2n) is 4.39. The van der Waals surface area contributed by atoms with Gasteiger partial charge in [-0.2, -0.15) is 0 Å². The first kappa shape index (κ1) is 17.6. The minimum Gasteiger partial charge on any atom is -0.339 e. The molecule has 0 aliphatic heterocycles. The normalized spacial score (nSPS) is 21.9. The number of nitrogens with two attached hydrogens (primary N) is 1. The van der Waals surface area contributed by atoms with Gasteiger partial charge in [0.15, 0.2) is 0 Å². The molecule has 0 aromatic carbocycles. The van der Waals surface area contributed by atoms with Crippen LogP contribution in [-0.4, -0.2) is 28.9 Å². The van der Waals surface area contributed by atoms with E-state index in [0.717, 1.165) is 24.3 Å². The Morgan fingerprint density at radius 1 is 1.56 bits per heavy atom. The highest BCUT2D eigenvalue weighted by atomic mass is 35.5. The van der Waals surface area contributed by atoms with E-state index in [1.54, 1.807) is 22.4 Å². The summed E-state index contributed by atoms with van der Waals surface area (Å²) in [5.41, 5.74) is 5.82. The molecule has 2 unspecified atom stereocenters. The summed E-state index contributed by atoms with van der Waals surface area (Å²) in [4.78, 5) is 18.0. The van der Waals surface area contributed by atoms with E-state index in [1.165, 1.54) is 0 Å². The van der Waals surface area contributed by atoms with Crippen molar-refractivity contribution in [1.82, 2.24) is 9.88 Å². The van der Waals surface area contributed by atoms with Gasteiger partial charge in [-0.05, 0) is 19.3 Å². The molecule has 18 heavy (non-hydrogen) atoms. The van der Waals surface area contributed by atoms with E-state index in [-0.39, 0.29) is 42.7 Å². The van der Waals surface area contributed by atoms with Crippen LogP contribution in [0.15, 0.2) is 11.6 Å². The Kier molecular flexibility index (Phi) is 7.78. The lowest BCUT2D eigenvalue weighted by atomic mass is 10.1. The number of halogens is 2. The highest BCUT2D eigenvalue weighted by Gasteiger charge is 2.29. The summed E-state index contributed by atoms with van der Waals surface area (Å²) >= 11 is 1.58. The van der Waals surface area contributed by atoms with E-state index < -0.39 is 0 Å². The molecule has 0 spiro atoms. The van der Waals surface area contributed by atoms with Gasteiger partial charge in [-0.25, -0.2) is 4.98 Å². The molecular weight excluding hydrogens is 293 g/mol. The summed E-state index contributed by atoms with van der Waals surface area (Å²) in [6, 6.07) is 0.210. The maximum Gasteiger partial charge on any atom is 0.225 e. The molecule has 2 rings (SSSR count). The highest BCUT2D eigenvalue weighted by molar-refractivity contribution is 7.09. The van der Waals surface area contributed by atoms with Crippen LogP contribution in [-0.2, 0) is 11.3 Å². The van der Waals surface area contributed by atoms with E-state index in [9.17, 15) is 4.79 Å². The predicted octanol–water partition coefficient (Wildman–Crippen LogP) is 2.07. The van der Waals surface area contributed by atoms with Crippen LogP contribution in [0.4, 0.5) is 0 Å². The summed E-state index contributed by atoms with van der Waals surface area (Å²) in [7, 11) is 1.84. The van der Waals surface area contributed by atoms with Crippen molar-refractivity contribution >= 4 is 42.1 Å². The minimum absolute atomic E-state index is 0. The number of nitrogens with zero attached hydrogens (tertiary/aromatic N) is 2. The van der Waals surface area contributed by atoms with Crippen molar-refractivity contribution in [2.24, 2.45) is 11.7 Å². The average Bonchev–Trinajstić information content (AvgIpc) is 2.88. The molecule has 4 nitrogen and oxygen atoms in total. The Labute approximate surface area is 124 Å². The van der Waals surface area contributed by atoms with Crippen LogP contribution in [0.3, 0.4) is 0 Å². The first-order valence-electron chi connectivity index (χ1n) is 5.55. The smallest absolute Gasteiger partial charge is 0.225 e. The number of hydrogen-bond acceptors (Lipinski definition) is 4. The molecule has 1 aliphatic carbocycles. The van der Waals surface area contributed by atoms with E-state index >= 15 is 0 Å². The van der Waals surface area contributed by atoms with E-state index in [0.29, 0.717) is 6.54 Å². The monoisotopic (exact) mass is 311 g/mol. The lowest BCUT2D eigenvalue weighted by Crippen LogP contribution is -2.32. The van der Waals surface area contributed by atoms with Gasteiger partial charge in [0.1, 0.15) is 5.01 Å². The number of amides is 1. The van der Waals surface area contributed by atoms with Crippen molar-refractivity contribution in [2.45, 2.75) is 31.8 Å². The Balaban J connectivity index is 0.00000144. The molecule has 1 aromatic heterocycles. The van der Waals surface area contributed by atoms with Crippen LogP contribution >= 0.6 is 36.2 Å². The second-order valence-corrected chi connectivity index (χ2v) is 5.37. The number of rotatable bonds is 3. The second kappa shape index (κ2) is 7.94. The number of thiazole rings is 1. The van der Waals surface area contributed by atoms with Gasteiger partial charge < -0.3 is 10.6 Å². The largest absolute Gasteiger partial charge is 0.339 e. The number of carbonyl (C=O) groups excluding carboxylic acids is 1. The molecule has 2 atom stereocenters. The first-order valence-corrected chi connectivity index (χ1v) is 6.43. The fourth-order valence-corrected chi connectivity index (χ4v) is 2.83. The van der Waals surface area contributed by atoms with Crippen LogP contribution < -0.4 is 5.73 Å². The number of aromatic nitrogens is 1. The van der Waals surface area contributed by atoms with Gasteiger partial charge in [0, 0.05) is 30.6 Å². The Hall–Kier alpha value is -0.360. The van der Waals surface area contributed by atoms with Crippen LogP contribution in [0.1, 0.15) is 24.3 Å². The van der Waals surface area contributed by atoms with Crippen LogP contribution in [0, 0.1) is 5.92 Å². The summed E-state index contributed by atoms with van der Waals surface area (Å²) < 4.78 is 0. The third-order valence-corrected chi connectivity index (χ3v) is 3.82. The number of hydrogen-bond donors (Lipinski definition) is 1. The Morgan fingerprint density at radius 3 is 2.78 bits per heavy atom. The molecule has 1 aromatic rings. The molecule has 1 fully saturated rings. The molecule has 2 N–H and O–H groups in total. The quantitative estimate of drug-likeness (QED) is 0.929. The zero-order valence-corrected chi connectivity index (χ0v) is 12.7. The molecule has 0 radical (unpaired) electrons. The maximum atomic E-state index is 12.1. The summed E-state index contributed by atoms with van der Waals surface area (Å²) in [5.74, 6) is 0.336. The standard InChI is InChI=1S/C11H17N3OS.2ClH/c1-14(7-10-13-4-5-16-10)11(15)8-2-3-9(12)6-8;;/h4-5,8-9H,2-3,6-7,12H2,1H3;2*1H. The molecular formula is C11H19Cl2N3OS. The first-order chi connectivity index (χ1) is 7.66. The van der Waals surface area contributed by atoms with Gasteiger partial charge in [-0.1, -0.05) is 0 Å². The molecule has 1 heterocycles. The van der Waals surface area contributed by atoms with E-state index in [1.807, 2.05) is 12.4 Å². The third kappa shape index (κ3) is 4.39. The molecule has 104 valence electrons. The summed E-state index contributed by atoms with van der Waals surface area (Å²) in [5, 5.41) is 2.91. The molecule has 1 saturated carbocycles. The van der Waals surface area contributed by atoms with Gasteiger partial charge in [0.2, 0.25) is 5.91 Å². The van der Waals surface area contributed by atoms with Crippen molar-refractivity contribution in [3.63, 3.8) is 0 Å². The molecule has 0 saturated heterocycles. The summed E-state index contributed by atoms with van der Waals surface area (Å²) in [6.45, 7) is 0.613. The van der Waals surface area contributed by atoms with Crippen molar-refractivity contribution in [3.05, 3.63) is 16.6 Å². The fraction of sp³-hybridized carbons (Fsp3) is 0.636. The zero-order chi connectivity index (χ0) is 11.5. The van der Waals surface area contributed by atoms with Gasteiger partial charge in [-0.15, -0.1) is 36.2 Å². The Bertz CT molecular complexity index is 361. The lowest BCUT2D eigenvalue weighted by Gasteiger charge is -2.19. The molecule has 1 amide bonds. The molecule has 1 aliphatic rings. The van der Waals surface area contributed by atoms with Crippen molar-refractivity contribution in [3.8, 4) is 0 Å². The lowest BCUT2D eigenvalue weighted by molar-refractivity contribution is -0.134. The van der Waals surface area contributed by atoms with Crippen molar-refractivity contribution < 1.29 is 4.79 Å². The average molecular weight is 312 g/mol. The van der Waals surface area contributed by atoms with Crippen LogP contribution in [0.5, 0.6) is 0 Å². The van der Waals surface area contributed by atoms with Gasteiger partial charge in [0.25, 0.3) is 0 Å². The van der Waals surface area contributed by atoms with Crippen LogP contribution in [0.2, 0.25) is 0 Å². The SMILES string of the molecule is CN(Cc1nccs1)C(=O)C1CCC(N)C1.Cl.Cl. The predicted molar refractivity (Wildman–Crippen MR) is 78.4 cm³/mol. The topological polar surface area (TPSA) is 59.2 Å². The van der Waals surface area contributed by atoms with Gasteiger partial charge in [-0.3, -0.25) is 4.79 Å². The van der Waals surface area contributed by atoms with Gasteiger partial charge >= 0.3 is 0 Å². The van der Waals surface area contributed by atoms with Gasteiger partial charge in [0.05, 0.1) is 6.54 Å². The Morgan fingerprint density at radius 2 is 2.28 bits per heavy atom. The highest BCUT2D eigenvalue weighted by Crippen LogP contribution is 2.26. The maximum absolute atomic E-state index is 12.1. The van der Waals surface area contributed by atoms with Crippen molar-refractivity contribution in [2.75, 3.05) is 7.05 Å². The molecule has 0 bridgehead atoms.